The van der Waals surface area contributed by atoms with Crippen LogP contribution in [0.1, 0.15) is 49.3 Å². The number of aromatic nitrogens is 1. The summed E-state index contributed by atoms with van der Waals surface area (Å²) in [7, 11) is 2.01. The molecule has 9 heteroatoms. The summed E-state index contributed by atoms with van der Waals surface area (Å²) in [6, 6.07) is 13.8. The first kappa shape index (κ1) is 38.2. The fourth-order valence-corrected chi connectivity index (χ4v) is 4.84. The van der Waals surface area contributed by atoms with Gasteiger partial charge in [0.15, 0.2) is 0 Å². The molecule has 224 valence electrons. The van der Waals surface area contributed by atoms with Gasteiger partial charge in [0.25, 0.3) is 0 Å². The third kappa shape index (κ3) is 13.6. The van der Waals surface area contributed by atoms with Crippen LogP contribution in [0.4, 0.5) is 18.9 Å². The van der Waals surface area contributed by atoms with Gasteiger partial charge in [-0.15, -0.1) is 25.2 Å². The summed E-state index contributed by atoms with van der Waals surface area (Å²) in [6.07, 6.45) is 9.47. The van der Waals surface area contributed by atoms with E-state index in [4.69, 9.17) is 0 Å². The van der Waals surface area contributed by atoms with Crippen LogP contribution < -0.4 is 40.2 Å². The van der Waals surface area contributed by atoms with Crippen LogP contribution in [0.15, 0.2) is 54.2 Å². The number of nitrogens with zero attached hydrogens (tertiary/aromatic N) is 2. The molecule has 42 heavy (non-hydrogen) atoms. The van der Waals surface area contributed by atoms with Crippen molar-refractivity contribution in [2.45, 2.75) is 49.6 Å². The maximum atomic E-state index is 13.0. The molecule has 3 aromatic rings. The molecule has 0 aliphatic heterocycles. The first-order valence-electron chi connectivity index (χ1n) is 14.0. The maximum Gasteiger partial charge on any atom is 1.00 e. The minimum absolute atomic E-state index is 0. The van der Waals surface area contributed by atoms with E-state index < -0.39 is 5.51 Å². The molecule has 2 N–H and O–H groups in total. The van der Waals surface area contributed by atoms with E-state index in [-0.39, 0.29) is 46.3 Å². The fourth-order valence-electron chi connectivity index (χ4n) is 4.14. The first-order chi connectivity index (χ1) is 19.8. The Hall–Kier alpha value is -1.86. The number of halogens is 3. The van der Waals surface area contributed by atoms with Gasteiger partial charge in [-0.25, -0.2) is 0 Å². The van der Waals surface area contributed by atoms with Crippen molar-refractivity contribution in [3.63, 3.8) is 0 Å². The molecule has 0 unspecified atom stereocenters. The smallest absolute Gasteiger partial charge is 0.374 e. The van der Waals surface area contributed by atoms with Crippen LogP contribution in [0.2, 0.25) is 0 Å². The third-order valence-electron chi connectivity index (χ3n) is 6.38. The summed E-state index contributed by atoms with van der Waals surface area (Å²) in [5, 5.41) is 6.45. The molecule has 0 radical (unpaired) electrons. The minimum atomic E-state index is -4.39. The van der Waals surface area contributed by atoms with Gasteiger partial charge in [0, 0.05) is 23.0 Å². The topological polar surface area (TPSA) is 31.7 Å². The van der Waals surface area contributed by atoms with E-state index in [0.29, 0.717) is 17.6 Å². The van der Waals surface area contributed by atoms with Gasteiger partial charge < -0.3 is 33.8 Å². The summed E-state index contributed by atoms with van der Waals surface area (Å²) >= 11 is -0.161. The van der Waals surface area contributed by atoms with E-state index in [0.717, 1.165) is 49.4 Å². The Bertz CT molecular complexity index is 1260. The number of pyridine rings is 1. The molecule has 0 atom stereocenters. The van der Waals surface area contributed by atoms with Crippen LogP contribution in [-0.4, -0.2) is 54.6 Å². The molecule has 2 aromatic heterocycles. The van der Waals surface area contributed by atoms with Crippen molar-refractivity contribution < 1.29 is 42.7 Å². The van der Waals surface area contributed by atoms with Gasteiger partial charge >= 0.3 is 35.1 Å². The molecule has 1 aromatic carbocycles. The molecule has 3 rings (SSSR count). The molecule has 0 spiro atoms. The second-order valence-electron chi connectivity index (χ2n) is 9.31. The van der Waals surface area contributed by atoms with Gasteiger partial charge in [-0.1, -0.05) is 55.8 Å². The second kappa shape index (κ2) is 20.9. The number of nitrogens with one attached hydrogen (secondary N) is 2. The van der Waals surface area contributed by atoms with E-state index in [1.54, 1.807) is 30.5 Å². The average Bonchev–Trinajstić information content (AvgIpc) is 3.31. The van der Waals surface area contributed by atoms with Crippen molar-refractivity contribution in [2.24, 2.45) is 0 Å². The number of anilines is 1. The fraction of sp³-hybridized carbons (Fsp3) is 0.394. The van der Waals surface area contributed by atoms with Crippen molar-refractivity contribution in [3.8, 4) is 11.8 Å². The van der Waals surface area contributed by atoms with Crippen molar-refractivity contribution in [3.05, 3.63) is 85.8 Å². The predicted octanol–water partition coefficient (Wildman–Crippen LogP) is 4.76. The van der Waals surface area contributed by atoms with E-state index in [9.17, 15) is 13.2 Å². The Morgan fingerprint density at radius 1 is 1.14 bits per heavy atom. The number of aryl methyl sites for hydroxylation is 1. The number of hydrogen-bond donors (Lipinski definition) is 2. The SMILES string of the molecule is C=Cc1ccc(NCC#Cc2cc3[c-]cccn3c2SC(F)(F)F)c(CC)c1.[CH2-]CN(C[CH2-])CCCCCCNC.[Na+]. The number of fused-ring (bicyclic) bond motifs is 1. The summed E-state index contributed by atoms with van der Waals surface area (Å²) in [5.74, 6) is 5.79. The molecule has 0 saturated carbocycles. The zero-order valence-electron chi connectivity index (χ0n) is 25.2. The van der Waals surface area contributed by atoms with Crippen LogP contribution in [0.5, 0.6) is 0 Å². The van der Waals surface area contributed by atoms with Crippen molar-refractivity contribution >= 4 is 29.0 Å². The number of hydrogen-bond acceptors (Lipinski definition) is 4. The molecular formula is C33H42F3N4NaS-2. The van der Waals surface area contributed by atoms with Gasteiger partial charge in [0.2, 0.25) is 0 Å². The van der Waals surface area contributed by atoms with Gasteiger partial charge in [0.1, 0.15) is 0 Å². The van der Waals surface area contributed by atoms with E-state index >= 15 is 0 Å². The van der Waals surface area contributed by atoms with Crippen LogP contribution in [0, 0.1) is 31.8 Å². The molecule has 0 bridgehead atoms. The Kier molecular flexibility index (Phi) is 19.0. The van der Waals surface area contributed by atoms with E-state index in [1.807, 2.05) is 19.2 Å². The standard InChI is InChI=1S/C22H18F3N2S.C11H24N2.Na/c1-3-16-10-11-20(17(4-2)14-16)26-12-7-8-18-15-19-9-5-6-13-27(19)21(18)28-22(23,24)25;1-4-13(5-2)11-9-7-6-8-10-12-3;/h3,5-6,10-11,13-15,26H,1,4,12H2,2H3;12H,1-2,4-11H2,3H3;/q-1;-2;+1. The van der Waals surface area contributed by atoms with Crippen LogP contribution in [-0.2, 0) is 6.42 Å². The molecule has 0 aliphatic rings. The summed E-state index contributed by atoms with van der Waals surface area (Å²) < 4.78 is 40.3. The van der Waals surface area contributed by atoms with Crippen LogP contribution in [0.3, 0.4) is 0 Å². The van der Waals surface area contributed by atoms with Gasteiger partial charge in [-0.05, 0) is 68.9 Å². The summed E-state index contributed by atoms with van der Waals surface area (Å²) in [6.45, 7) is 18.0. The van der Waals surface area contributed by atoms with Gasteiger partial charge in [-0.3, -0.25) is 0 Å². The molecule has 4 nitrogen and oxygen atoms in total. The zero-order valence-corrected chi connectivity index (χ0v) is 28.1. The third-order valence-corrected chi connectivity index (χ3v) is 7.23. The number of unbranched alkanes of at least 4 members (excludes halogenated alkanes) is 3. The van der Waals surface area contributed by atoms with Crippen molar-refractivity contribution in [1.29, 1.82) is 0 Å². The predicted molar refractivity (Wildman–Crippen MR) is 169 cm³/mol. The summed E-state index contributed by atoms with van der Waals surface area (Å²) in [5.41, 5.74) is -0.357. The number of alkyl halides is 3. The molecule has 0 amide bonds. The van der Waals surface area contributed by atoms with Gasteiger partial charge in [-0.2, -0.15) is 25.3 Å². The van der Waals surface area contributed by atoms with E-state index in [1.165, 1.54) is 30.1 Å². The molecular weight excluding hydrogens is 564 g/mol. The quantitative estimate of drug-likeness (QED) is 0.0912. The Morgan fingerprint density at radius 2 is 1.88 bits per heavy atom. The number of thioether (sulfide) groups is 1. The zero-order chi connectivity index (χ0) is 30.1. The normalized spacial score (nSPS) is 10.9. The van der Waals surface area contributed by atoms with Gasteiger partial charge in [0.05, 0.1) is 11.6 Å². The second-order valence-corrected chi connectivity index (χ2v) is 10.4. The largest absolute Gasteiger partial charge is 1.00 e. The van der Waals surface area contributed by atoms with Crippen LogP contribution in [0.25, 0.3) is 11.6 Å². The molecule has 0 aliphatic carbocycles. The minimum Gasteiger partial charge on any atom is -0.374 e. The van der Waals surface area contributed by atoms with E-state index in [2.05, 4.69) is 66.9 Å². The monoisotopic (exact) mass is 606 g/mol. The summed E-state index contributed by atoms with van der Waals surface area (Å²) in [4.78, 5) is 2.28. The van der Waals surface area contributed by atoms with Crippen molar-refractivity contribution in [2.75, 3.05) is 45.1 Å². The number of benzene rings is 1. The molecule has 0 saturated heterocycles. The molecule has 0 fully saturated rings. The average molecular weight is 607 g/mol. The maximum absolute atomic E-state index is 13.0. The Labute approximate surface area is 277 Å². The Balaban J connectivity index is 0.000000537. The first-order valence-corrected chi connectivity index (χ1v) is 14.8. The van der Waals surface area contributed by atoms with Crippen LogP contribution >= 0.6 is 11.8 Å². The number of rotatable bonds is 14. The van der Waals surface area contributed by atoms with Crippen molar-refractivity contribution in [1.82, 2.24) is 14.6 Å². The molecule has 2 heterocycles. The Morgan fingerprint density at radius 3 is 2.52 bits per heavy atom.